The van der Waals surface area contributed by atoms with Gasteiger partial charge in [-0.05, 0) is 46.1 Å². The molecule has 0 atom stereocenters. The summed E-state index contributed by atoms with van der Waals surface area (Å²) in [6.07, 6.45) is 1.90. The zero-order chi connectivity index (χ0) is 16.4. The monoisotopic (exact) mass is 437 g/mol. The Morgan fingerprint density at radius 3 is 2.91 bits per heavy atom. The highest BCUT2D eigenvalue weighted by molar-refractivity contribution is 9.10. The second kappa shape index (κ2) is 6.80. The van der Waals surface area contributed by atoms with Crippen molar-refractivity contribution in [3.05, 3.63) is 56.4 Å². The zero-order valence-electron chi connectivity index (χ0n) is 12.3. The third-order valence-corrected chi connectivity index (χ3v) is 4.60. The highest BCUT2D eigenvalue weighted by atomic mass is 79.9. The highest BCUT2D eigenvalue weighted by Crippen LogP contribution is 2.18. The smallest absolute Gasteiger partial charge is 0.310 e. The minimum absolute atomic E-state index is 0.0971. The molecule has 3 aromatic rings. The first kappa shape index (κ1) is 16.1. The van der Waals surface area contributed by atoms with Gasteiger partial charge in [0.2, 0.25) is 0 Å². The third kappa shape index (κ3) is 3.97. The number of aryl methyl sites for hydroxylation is 1. The number of hydrogen-bond donors (Lipinski definition) is 1. The van der Waals surface area contributed by atoms with E-state index in [0.717, 1.165) is 25.6 Å². The van der Waals surface area contributed by atoms with Crippen LogP contribution in [0, 0.1) is 6.92 Å². The summed E-state index contributed by atoms with van der Waals surface area (Å²) in [5, 5.41) is 0. The molecule has 2 aromatic heterocycles. The second-order valence-electron chi connectivity index (χ2n) is 5.13. The minimum Gasteiger partial charge on any atom is -0.457 e. The van der Waals surface area contributed by atoms with Gasteiger partial charge in [-0.2, -0.15) is 0 Å². The summed E-state index contributed by atoms with van der Waals surface area (Å²) in [6.45, 7) is 2.10. The number of halogens is 2. The molecule has 0 aliphatic heterocycles. The maximum absolute atomic E-state index is 11.9. The molecule has 0 aliphatic rings. The molecule has 0 aliphatic carbocycles. The topological polar surface area (TPSA) is 67.9 Å². The van der Waals surface area contributed by atoms with Crippen LogP contribution in [0.1, 0.15) is 17.0 Å². The van der Waals surface area contributed by atoms with E-state index in [-0.39, 0.29) is 19.0 Å². The van der Waals surface area contributed by atoms with Crippen molar-refractivity contribution in [3.8, 4) is 0 Å². The van der Waals surface area contributed by atoms with E-state index >= 15 is 0 Å². The van der Waals surface area contributed by atoms with E-state index in [2.05, 4.69) is 46.8 Å². The van der Waals surface area contributed by atoms with E-state index in [9.17, 15) is 4.79 Å². The van der Waals surface area contributed by atoms with Gasteiger partial charge in [0.25, 0.3) is 0 Å². The predicted molar refractivity (Wildman–Crippen MR) is 94.0 cm³/mol. The molecular weight excluding hydrogens is 426 g/mol. The molecule has 0 bridgehead atoms. The van der Waals surface area contributed by atoms with Crippen LogP contribution in [0.25, 0.3) is 11.2 Å². The number of carbonyl (C=O) groups is 1. The number of ether oxygens (including phenoxy) is 1. The predicted octanol–water partition coefficient (Wildman–Crippen LogP) is 4.08. The molecule has 118 valence electrons. The maximum atomic E-state index is 11.9. The van der Waals surface area contributed by atoms with Gasteiger partial charge < -0.3 is 9.72 Å². The molecule has 3 rings (SSSR count). The van der Waals surface area contributed by atoms with E-state index in [1.165, 1.54) is 0 Å². The first-order valence-electron chi connectivity index (χ1n) is 6.92. The lowest BCUT2D eigenvalue weighted by Gasteiger charge is -2.05. The summed E-state index contributed by atoms with van der Waals surface area (Å²) in [5.41, 5.74) is 3.43. The molecule has 0 unspecified atom stereocenters. The Labute approximate surface area is 149 Å². The van der Waals surface area contributed by atoms with Crippen molar-refractivity contribution in [2.75, 3.05) is 0 Å². The number of imidazole rings is 1. The number of esters is 1. The van der Waals surface area contributed by atoms with E-state index in [1.54, 1.807) is 6.20 Å². The summed E-state index contributed by atoms with van der Waals surface area (Å²) in [6, 6.07) is 7.70. The molecular formula is C16H13Br2N3O2. The summed E-state index contributed by atoms with van der Waals surface area (Å²) < 4.78 is 7.12. The Hall–Kier alpha value is -1.73. The maximum Gasteiger partial charge on any atom is 0.310 e. The van der Waals surface area contributed by atoms with Gasteiger partial charge in [0, 0.05) is 15.1 Å². The third-order valence-electron chi connectivity index (χ3n) is 3.31. The van der Waals surface area contributed by atoms with Crippen molar-refractivity contribution in [2.24, 2.45) is 0 Å². The van der Waals surface area contributed by atoms with E-state index in [0.29, 0.717) is 11.5 Å². The fraction of sp³-hybridized carbons (Fsp3) is 0.188. The molecule has 7 heteroatoms. The van der Waals surface area contributed by atoms with Gasteiger partial charge in [0.1, 0.15) is 12.4 Å². The molecule has 0 amide bonds. The van der Waals surface area contributed by atoms with Crippen molar-refractivity contribution in [2.45, 2.75) is 20.0 Å². The number of rotatable bonds is 4. The number of nitrogens with zero attached hydrogens (tertiary/aromatic N) is 2. The van der Waals surface area contributed by atoms with Crippen LogP contribution in [0.5, 0.6) is 0 Å². The van der Waals surface area contributed by atoms with Crippen LogP contribution in [0.15, 0.2) is 39.4 Å². The molecule has 0 radical (unpaired) electrons. The first-order valence-corrected chi connectivity index (χ1v) is 8.50. The van der Waals surface area contributed by atoms with Gasteiger partial charge in [-0.3, -0.25) is 4.79 Å². The highest BCUT2D eigenvalue weighted by Gasteiger charge is 2.09. The average molecular weight is 439 g/mol. The van der Waals surface area contributed by atoms with Gasteiger partial charge in [0.15, 0.2) is 5.65 Å². The molecule has 1 aromatic carbocycles. The van der Waals surface area contributed by atoms with E-state index in [4.69, 9.17) is 4.74 Å². The lowest BCUT2D eigenvalue weighted by Crippen LogP contribution is -2.08. The largest absolute Gasteiger partial charge is 0.457 e. The van der Waals surface area contributed by atoms with Crippen LogP contribution in [0.4, 0.5) is 0 Å². The molecule has 0 fully saturated rings. The normalized spacial score (nSPS) is 10.9. The molecule has 0 saturated heterocycles. The van der Waals surface area contributed by atoms with Crippen molar-refractivity contribution in [1.82, 2.24) is 15.0 Å². The zero-order valence-corrected chi connectivity index (χ0v) is 15.4. The molecule has 0 spiro atoms. The first-order chi connectivity index (χ1) is 11.0. The summed E-state index contributed by atoms with van der Waals surface area (Å²) >= 11 is 6.81. The number of aromatic nitrogens is 3. The fourth-order valence-corrected chi connectivity index (χ4v) is 2.86. The summed E-state index contributed by atoms with van der Waals surface area (Å²) in [4.78, 5) is 23.5. The van der Waals surface area contributed by atoms with E-state index in [1.807, 2.05) is 31.2 Å². The number of fused-ring (bicyclic) bond motifs is 1. The molecule has 23 heavy (non-hydrogen) atoms. The van der Waals surface area contributed by atoms with Crippen LogP contribution in [0.2, 0.25) is 0 Å². The number of H-pyrrole nitrogens is 1. The van der Waals surface area contributed by atoms with Gasteiger partial charge in [-0.15, -0.1) is 0 Å². The fourth-order valence-electron chi connectivity index (χ4n) is 2.11. The molecule has 0 saturated carbocycles. The lowest BCUT2D eigenvalue weighted by molar-refractivity contribution is -0.144. The number of pyridine rings is 1. The lowest BCUT2D eigenvalue weighted by atomic mass is 10.1. The molecule has 2 heterocycles. The Kier molecular flexibility index (Phi) is 4.77. The Morgan fingerprint density at radius 1 is 1.30 bits per heavy atom. The van der Waals surface area contributed by atoms with Crippen LogP contribution >= 0.6 is 31.9 Å². The average Bonchev–Trinajstić information content (AvgIpc) is 2.91. The number of benzene rings is 1. The van der Waals surface area contributed by atoms with Crippen LogP contribution < -0.4 is 0 Å². The van der Waals surface area contributed by atoms with Gasteiger partial charge in [0.05, 0.1) is 11.9 Å². The van der Waals surface area contributed by atoms with Gasteiger partial charge in [-0.25, -0.2) is 9.97 Å². The Bertz CT molecular complexity index is 877. The number of nitrogens with one attached hydrogen (secondary N) is 1. The van der Waals surface area contributed by atoms with Gasteiger partial charge in [-0.1, -0.05) is 28.1 Å². The Balaban J connectivity index is 1.62. The van der Waals surface area contributed by atoms with Crippen LogP contribution in [-0.2, 0) is 22.6 Å². The quantitative estimate of drug-likeness (QED) is 0.623. The summed E-state index contributed by atoms with van der Waals surface area (Å²) in [5.74, 6) is 0.277. The van der Waals surface area contributed by atoms with Crippen LogP contribution in [0.3, 0.4) is 0 Å². The molecule has 5 nitrogen and oxygen atoms in total. The standard InChI is InChI=1S/C16H13Br2N3O2/c1-9-2-3-10(4-12(9)18)5-15(22)23-8-14-20-13-6-11(17)7-19-16(13)21-14/h2-4,6-7H,5,8H2,1H3,(H,19,20,21). The number of aromatic amines is 1. The van der Waals surface area contributed by atoms with Crippen molar-refractivity contribution in [1.29, 1.82) is 0 Å². The van der Waals surface area contributed by atoms with Gasteiger partial charge >= 0.3 is 5.97 Å². The van der Waals surface area contributed by atoms with Crippen LogP contribution in [-0.4, -0.2) is 20.9 Å². The van der Waals surface area contributed by atoms with E-state index < -0.39 is 0 Å². The molecule has 1 N–H and O–H groups in total. The SMILES string of the molecule is Cc1ccc(CC(=O)OCc2nc3ncc(Br)cc3[nH]2)cc1Br. The number of hydrogen-bond acceptors (Lipinski definition) is 4. The summed E-state index contributed by atoms with van der Waals surface area (Å²) in [7, 11) is 0. The van der Waals surface area contributed by atoms with Crippen molar-refractivity contribution < 1.29 is 9.53 Å². The van der Waals surface area contributed by atoms with Crippen molar-refractivity contribution >= 4 is 49.0 Å². The Morgan fingerprint density at radius 2 is 2.13 bits per heavy atom. The van der Waals surface area contributed by atoms with Crippen molar-refractivity contribution in [3.63, 3.8) is 0 Å². The number of carbonyl (C=O) groups excluding carboxylic acids is 1. The minimum atomic E-state index is -0.296. The second-order valence-corrected chi connectivity index (χ2v) is 6.90.